The molecule has 0 aliphatic heterocycles. The fourth-order valence-corrected chi connectivity index (χ4v) is 2.02. The molecular weight excluding hydrogens is 262 g/mol. The number of nitrogens with zero attached hydrogens (tertiary/aromatic N) is 3. The Morgan fingerprint density at radius 3 is 2.95 bits per heavy atom. The lowest BCUT2D eigenvalue weighted by Gasteiger charge is -2.00. The Labute approximate surface area is 115 Å². The van der Waals surface area contributed by atoms with E-state index in [1.807, 2.05) is 19.1 Å². The van der Waals surface area contributed by atoms with Crippen LogP contribution in [-0.2, 0) is 4.79 Å². The van der Waals surface area contributed by atoms with E-state index in [0.717, 1.165) is 12.0 Å². The summed E-state index contributed by atoms with van der Waals surface area (Å²) < 4.78 is 0. The highest BCUT2D eigenvalue weighted by molar-refractivity contribution is 7.99. The molecule has 7 heteroatoms. The summed E-state index contributed by atoms with van der Waals surface area (Å²) in [6.45, 7) is 2.72. The van der Waals surface area contributed by atoms with Crippen molar-refractivity contribution in [2.45, 2.75) is 18.5 Å². The van der Waals surface area contributed by atoms with Crippen LogP contribution in [0.2, 0.25) is 0 Å². The Bertz CT molecular complexity index is 528. The number of aromatic nitrogens is 4. The van der Waals surface area contributed by atoms with Crippen molar-refractivity contribution in [1.29, 1.82) is 0 Å². The average Bonchev–Trinajstić information content (AvgIpc) is 2.93. The number of H-pyrrole nitrogens is 1. The topological polar surface area (TPSA) is 83.6 Å². The van der Waals surface area contributed by atoms with Crippen LogP contribution < -0.4 is 5.32 Å². The summed E-state index contributed by atoms with van der Waals surface area (Å²) in [5.41, 5.74) is 0.921. The number of thioether (sulfide) groups is 1. The lowest BCUT2D eigenvalue weighted by Crippen LogP contribution is -2.25. The van der Waals surface area contributed by atoms with Crippen molar-refractivity contribution >= 4 is 17.7 Å². The molecule has 0 saturated carbocycles. The molecule has 19 heavy (non-hydrogen) atoms. The Hall–Kier alpha value is -1.89. The summed E-state index contributed by atoms with van der Waals surface area (Å²) in [7, 11) is 0. The number of aromatic amines is 1. The fraction of sp³-hybridized carbons (Fsp3) is 0.333. The van der Waals surface area contributed by atoms with Gasteiger partial charge in [0.2, 0.25) is 11.1 Å². The van der Waals surface area contributed by atoms with Crippen LogP contribution in [0.5, 0.6) is 0 Å². The molecule has 2 N–H and O–H groups in total. The normalized spacial score (nSPS) is 10.4. The maximum absolute atomic E-state index is 11.4. The van der Waals surface area contributed by atoms with Crippen LogP contribution in [-0.4, -0.2) is 38.4 Å². The smallest absolute Gasteiger partial charge is 0.230 e. The van der Waals surface area contributed by atoms with Gasteiger partial charge in [0.15, 0.2) is 5.82 Å². The van der Waals surface area contributed by atoms with Crippen LogP contribution in [0.1, 0.15) is 13.3 Å². The van der Waals surface area contributed by atoms with E-state index in [0.29, 0.717) is 23.3 Å². The SMILES string of the molecule is CCCNC(=O)CSc1n[nH]c(-c2ccncc2)n1. The molecule has 0 saturated heterocycles. The van der Waals surface area contributed by atoms with Crippen LogP contribution >= 0.6 is 11.8 Å². The molecule has 1 amide bonds. The first-order chi connectivity index (χ1) is 9.29. The van der Waals surface area contributed by atoms with Crippen LogP contribution in [0, 0.1) is 0 Å². The Morgan fingerprint density at radius 2 is 2.21 bits per heavy atom. The van der Waals surface area contributed by atoms with E-state index < -0.39 is 0 Å². The first kappa shape index (κ1) is 13.5. The zero-order valence-electron chi connectivity index (χ0n) is 10.6. The summed E-state index contributed by atoms with van der Waals surface area (Å²) in [4.78, 5) is 19.7. The van der Waals surface area contributed by atoms with Crippen molar-refractivity contribution < 1.29 is 4.79 Å². The quantitative estimate of drug-likeness (QED) is 0.781. The van der Waals surface area contributed by atoms with E-state index in [-0.39, 0.29) is 5.91 Å². The molecule has 0 unspecified atom stereocenters. The zero-order valence-corrected chi connectivity index (χ0v) is 11.4. The van der Waals surface area contributed by atoms with Gasteiger partial charge in [0.25, 0.3) is 0 Å². The van der Waals surface area contributed by atoms with Gasteiger partial charge in [0, 0.05) is 24.5 Å². The molecule has 0 aliphatic carbocycles. The van der Waals surface area contributed by atoms with E-state index in [2.05, 4.69) is 25.5 Å². The van der Waals surface area contributed by atoms with E-state index in [9.17, 15) is 4.79 Å². The van der Waals surface area contributed by atoms with Crippen molar-refractivity contribution in [1.82, 2.24) is 25.5 Å². The number of amides is 1. The van der Waals surface area contributed by atoms with Crippen molar-refractivity contribution in [3.8, 4) is 11.4 Å². The van der Waals surface area contributed by atoms with Gasteiger partial charge in [-0.25, -0.2) is 4.98 Å². The third kappa shape index (κ3) is 4.06. The van der Waals surface area contributed by atoms with E-state index in [1.54, 1.807) is 12.4 Å². The summed E-state index contributed by atoms with van der Waals surface area (Å²) in [5.74, 6) is 1.01. The molecule has 0 fully saturated rings. The predicted octanol–water partition coefficient (Wildman–Crippen LogP) is 1.48. The lowest BCUT2D eigenvalue weighted by molar-refractivity contribution is -0.118. The van der Waals surface area contributed by atoms with Gasteiger partial charge < -0.3 is 5.32 Å². The Kier molecular flexibility index (Phi) is 4.91. The Morgan fingerprint density at radius 1 is 1.42 bits per heavy atom. The number of hydrogen-bond acceptors (Lipinski definition) is 5. The molecule has 0 bridgehead atoms. The number of pyridine rings is 1. The van der Waals surface area contributed by atoms with Gasteiger partial charge in [0.05, 0.1) is 5.75 Å². The van der Waals surface area contributed by atoms with Gasteiger partial charge in [-0.05, 0) is 18.6 Å². The molecule has 0 radical (unpaired) electrons. The third-order valence-corrected chi connectivity index (χ3v) is 3.17. The van der Waals surface area contributed by atoms with E-state index >= 15 is 0 Å². The third-order valence-electron chi connectivity index (χ3n) is 2.32. The van der Waals surface area contributed by atoms with Gasteiger partial charge in [0.1, 0.15) is 0 Å². The summed E-state index contributed by atoms with van der Waals surface area (Å²) >= 11 is 1.31. The van der Waals surface area contributed by atoms with Crippen molar-refractivity contribution in [3.05, 3.63) is 24.5 Å². The second-order valence-corrected chi connectivity index (χ2v) is 4.78. The maximum atomic E-state index is 11.4. The molecule has 0 aliphatic rings. The van der Waals surface area contributed by atoms with Crippen molar-refractivity contribution in [3.63, 3.8) is 0 Å². The molecule has 6 nitrogen and oxygen atoms in total. The van der Waals surface area contributed by atoms with Crippen LogP contribution in [0.25, 0.3) is 11.4 Å². The lowest BCUT2D eigenvalue weighted by atomic mass is 10.3. The minimum absolute atomic E-state index is 0.00195. The van der Waals surface area contributed by atoms with Crippen LogP contribution in [0.15, 0.2) is 29.7 Å². The number of hydrogen-bond donors (Lipinski definition) is 2. The molecule has 2 aromatic heterocycles. The molecule has 2 rings (SSSR count). The monoisotopic (exact) mass is 277 g/mol. The fourth-order valence-electron chi connectivity index (χ4n) is 1.40. The van der Waals surface area contributed by atoms with Gasteiger partial charge in [-0.1, -0.05) is 18.7 Å². The van der Waals surface area contributed by atoms with Gasteiger partial charge in [-0.3, -0.25) is 14.9 Å². The standard InChI is InChI=1S/C12H15N5OS/c1-2-5-14-10(18)8-19-12-15-11(16-17-12)9-3-6-13-7-4-9/h3-4,6-7H,2,5,8H2,1H3,(H,14,18)(H,15,16,17). The number of carbonyl (C=O) groups is 1. The number of nitrogens with one attached hydrogen (secondary N) is 2. The van der Waals surface area contributed by atoms with Gasteiger partial charge in [-0.15, -0.1) is 5.10 Å². The van der Waals surface area contributed by atoms with Crippen molar-refractivity contribution in [2.75, 3.05) is 12.3 Å². The van der Waals surface area contributed by atoms with Gasteiger partial charge in [-0.2, -0.15) is 0 Å². The largest absolute Gasteiger partial charge is 0.355 e. The summed E-state index contributed by atoms with van der Waals surface area (Å²) in [6.07, 6.45) is 4.33. The number of rotatable bonds is 6. The minimum Gasteiger partial charge on any atom is -0.355 e. The molecule has 2 heterocycles. The first-order valence-corrected chi connectivity index (χ1v) is 7.00. The van der Waals surface area contributed by atoms with E-state index in [1.165, 1.54) is 11.8 Å². The summed E-state index contributed by atoms with van der Waals surface area (Å²) in [5, 5.41) is 10.3. The average molecular weight is 277 g/mol. The second kappa shape index (κ2) is 6.89. The first-order valence-electron chi connectivity index (χ1n) is 6.02. The van der Waals surface area contributed by atoms with Gasteiger partial charge >= 0.3 is 0 Å². The van der Waals surface area contributed by atoms with Crippen LogP contribution in [0.3, 0.4) is 0 Å². The minimum atomic E-state index is 0.00195. The molecular formula is C12H15N5OS. The summed E-state index contributed by atoms with van der Waals surface area (Å²) in [6, 6.07) is 3.70. The molecule has 0 spiro atoms. The predicted molar refractivity (Wildman–Crippen MR) is 73.6 cm³/mol. The van der Waals surface area contributed by atoms with E-state index in [4.69, 9.17) is 0 Å². The molecule has 0 aromatic carbocycles. The van der Waals surface area contributed by atoms with Crippen molar-refractivity contribution in [2.24, 2.45) is 0 Å². The molecule has 0 atom stereocenters. The number of carbonyl (C=O) groups excluding carboxylic acids is 1. The zero-order chi connectivity index (χ0) is 13.5. The molecule has 2 aromatic rings. The molecule has 100 valence electrons. The van der Waals surface area contributed by atoms with Crippen LogP contribution in [0.4, 0.5) is 0 Å². The maximum Gasteiger partial charge on any atom is 0.230 e. The second-order valence-electron chi connectivity index (χ2n) is 3.84. The highest BCUT2D eigenvalue weighted by Gasteiger charge is 2.08. The Balaban J connectivity index is 1.90. The highest BCUT2D eigenvalue weighted by atomic mass is 32.2. The highest BCUT2D eigenvalue weighted by Crippen LogP contribution is 2.17.